The Bertz CT molecular complexity index is 491. The van der Waals surface area contributed by atoms with Crippen LogP contribution in [0.5, 0.6) is 0 Å². The van der Waals surface area contributed by atoms with Crippen molar-refractivity contribution in [3.63, 3.8) is 0 Å². The van der Waals surface area contributed by atoms with Crippen molar-refractivity contribution < 1.29 is 19.1 Å². The maximum Gasteiger partial charge on any atom is 0.328 e. The van der Waals surface area contributed by atoms with E-state index in [1.807, 2.05) is 41.5 Å². The third-order valence-corrected chi connectivity index (χ3v) is 3.89. The van der Waals surface area contributed by atoms with Gasteiger partial charge in [-0.25, -0.2) is 9.59 Å². The van der Waals surface area contributed by atoms with E-state index in [4.69, 9.17) is 4.74 Å². The summed E-state index contributed by atoms with van der Waals surface area (Å²) in [7, 11) is 1.32. The Morgan fingerprint density at radius 1 is 1.12 bits per heavy atom. The lowest BCUT2D eigenvalue weighted by molar-refractivity contribution is -0.152. The van der Waals surface area contributed by atoms with Gasteiger partial charge in [0.25, 0.3) is 0 Å². The molecule has 0 spiro atoms. The number of hydrogen-bond donors (Lipinski definition) is 2. The summed E-state index contributed by atoms with van der Waals surface area (Å²) >= 11 is 0. The topological polar surface area (TPSA) is 87.7 Å². The molecule has 0 aromatic rings. The maximum absolute atomic E-state index is 13.0. The number of carbonyl (C=O) groups excluding carboxylic acids is 3. The normalized spacial score (nSPS) is 19.6. The molecule has 2 atom stereocenters. The standard InChI is InChI=1S/C17H31N3O4/c1-16(2,3)12(18-15(23)19-17(4,5)6)13(21)20-10-8-9-11(20)14(22)24-7/h11-12H,8-10H2,1-7H3,(H2,18,19,23)/t11-,12+/m0/s1. The Balaban J connectivity index is 2.94. The summed E-state index contributed by atoms with van der Waals surface area (Å²) in [5, 5.41) is 5.57. The predicted octanol–water partition coefficient (Wildman–Crippen LogP) is 1.66. The van der Waals surface area contributed by atoms with Crippen molar-refractivity contribution in [2.75, 3.05) is 13.7 Å². The molecule has 0 saturated carbocycles. The molecular weight excluding hydrogens is 310 g/mol. The Kier molecular flexibility index (Phi) is 6.25. The molecule has 7 nitrogen and oxygen atoms in total. The molecule has 0 bridgehead atoms. The molecule has 7 heteroatoms. The molecule has 1 aliphatic rings. The highest BCUT2D eigenvalue weighted by Crippen LogP contribution is 2.26. The Labute approximate surface area is 144 Å². The minimum atomic E-state index is -0.731. The lowest BCUT2D eigenvalue weighted by Gasteiger charge is -2.35. The molecule has 0 aromatic carbocycles. The van der Waals surface area contributed by atoms with Gasteiger partial charge in [-0.2, -0.15) is 0 Å². The van der Waals surface area contributed by atoms with Crippen LogP contribution in [0.2, 0.25) is 0 Å². The zero-order chi connectivity index (χ0) is 18.7. The van der Waals surface area contributed by atoms with Crippen LogP contribution in [-0.4, -0.2) is 54.1 Å². The number of carbonyl (C=O) groups is 3. The van der Waals surface area contributed by atoms with Crippen LogP contribution in [0.1, 0.15) is 54.4 Å². The van der Waals surface area contributed by atoms with Crippen LogP contribution in [0.3, 0.4) is 0 Å². The number of esters is 1. The number of hydrogen-bond acceptors (Lipinski definition) is 4. The molecule has 1 fully saturated rings. The van der Waals surface area contributed by atoms with E-state index in [0.29, 0.717) is 13.0 Å². The number of rotatable bonds is 3. The summed E-state index contributed by atoms with van der Waals surface area (Å²) in [5.41, 5.74) is -0.896. The third-order valence-electron chi connectivity index (χ3n) is 3.89. The molecule has 138 valence electrons. The van der Waals surface area contributed by atoms with Gasteiger partial charge in [-0.1, -0.05) is 20.8 Å². The minimum Gasteiger partial charge on any atom is -0.467 e. The fourth-order valence-corrected chi connectivity index (χ4v) is 2.73. The number of amides is 3. The van der Waals surface area contributed by atoms with Crippen molar-refractivity contribution in [3.05, 3.63) is 0 Å². The van der Waals surface area contributed by atoms with Crippen LogP contribution in [0.25, 0.3) is 0 Å². The van der Waals surface area contributed by atoms with Crippen LogP contribution in [0.15, 0.2) is 0 Å². The number of urea groups is 1. The van der Waals surface area contributed by atoms with Crippen molar-refractivity contribution in [3.8, 4) is 0 Å². The summed E-state index contributed by atoms with van der Waals surface area (Å²) in [6, 6.07) is -1.70. The first kappa shape index (κ1) is 20.3. The maximum atomic E-state index is 13.0. The summed E-state index contributed by atoms with van der Waals surface area (Å²) in [6.45, 7) is 11.8. The highest BCUT2D eigenvalue weighted by molar-refractivity contribution is 5.91. The van der Waals surface area contributed by atoms with E-state index in [1.165, 1.54) is 12.0 Å². The highest BCUT2D eigenvalue weighted by atomic mass is 16.5. The summed E-state index contributed by atoms with van der Waals surface area (Å²) < 4.78 is 4.79. The monoisotopic (exact) mass is 341 g/mol. The number of likely N-dealkylation sites (tertiary alicyclic amines) is 1. The number of ether oxygens (including phenoxy) is 1. The zero-order valence-electron chi connectivity index (χ0n) is 15.9. The molecule has 1 aliphatic heterocycles. The van der Waals surface area contributed by atoms with Gasteiger partial charge >= 0.3 is 12.0 Å². The van der Waals surface area contributed by atoms with E-state index in [0.717, 1.165) is 6.42 Å². The van der Waals surface area contributed by atoms with E-state index >= 15 is 0 Å². The van der Waals surface area contributed by atoms with E-state index in [1.54, 1.807) is 0 Å². The second-order valence-electron chi connectivity index (χ2n) is 8.36. The average Bonchev–Trinajstić information content (AvgIpc) is 2.89. The van der Waals surface area contributed by atoms with Crippen molar-refractivity contribution in [2.24, 2.45) is 5.41 Å². The van der Waals surface area contributed by atoms with Gasteiger partial charge in [-0.15, -0.1) is 0 Å². The van der Waals surface area contributed by atoms with Crippen molar-refractivity contribution >= 4 is 17.9 Å². The van der Waals surface area contributed by atoms with Gasteiger partial charge in [-0.05, 0) is 39.0 Å². The van der Waals surface area contributed by atoms with Gasteiger partial charge in [0.2, 0.25) is 5.91 Å². The van der Waals surface area contributed by atoms with Crippen LogP contribution < -0.4 is 10.6 Å². The fourth-order valence-electron chi connectivity index (χ4n) is 2.73. The van der Waals surface area contributed by atoms with E-state index in [9.17, 15) is 14.4 Å². The molecule has 24 heavy (non-hydrogen) atoms. The SMILES string of the molecule is COC(=O)[C@@H]1CCCN1C(=O)[C@@H](NC(=O)NC(C)(C)C)C(C)(C)C. The van der Waals surface area contributed by atoms with Gasteiger partial charge in [0.1, 0.15) is 12.1 Å². The number of nitrogens with one attached hydrogen (secondary N) is 2. The molecule has 1 saturated heterocycles. The summed E-state index contributed by atoms with van der Waals surface area (Å²) in [4.78, 5) is 38.6. The van der Waals surface area contributed by atoms with Gasteiger partial charge in [0, 0.05) is 12.1 Å². The number of nitrogens with zero attached hydrogens (tertiary/aromatic N) is 1. The lowest BCUT2D eigenvalue weighted by Crippen LogP contribution is -2.59. The molecule has 0 radical (unpaired) electrons. The molecule has 1 heterocycles. The average molecular weight is 341 g/mol. The van der Waals surface area contributed by atoms with Crippen LogP contribution >= 0.6 is 0 Å². The van der Waals surface area contributed by atoms with Crippen molar-refractivity contribution in [1.82, 2.24) is 15.5 Å². The van der Waals surface area contributed by atoms with E-state index in [-0.39, 0.29) is 5.91 Å². The van der Waals surface area contributed by atoms with Crippen LogP contribution in [0, 0.1) is 5.41 Å². The molecule has 3 amide bonds. The minimum absolute atomic E-state index is 0.251. The first-order chi connectivity index (χ1) is 10.9. The first-order valence-corrected chi connectivity index (χ1v) is 8.34. The Morgan fingerprint density at radius 3 is 2.17 bits per heavy atom. The van der Waals surface area contributed by atoms with Crippen LogP contribution in [-0.2, 0) is 14.3 Å². The second-order valence-corrected chi connectivity index (χ2v) is 8.36. The Hall–Kier alpha value is -1.79. The van der Waals surface area contributed by atoms with E-state index < -0.39 is 35.0 Å². The lowest BCUT2D eigenvalue weighted by atomic mass is 9.85. The quantitative estimate of drug-likeness (QED) is 0.764. The third kappa shape index (κ3) is 5.39. The molecule has 1 rings (SSSR count). The summed E-state index contributed by atoms with van der Waals surface area (Å²) in [5.74, 6) is -0.660. The molecule has 0 aliphatic carbocycles. The zero-order valence-corrected chi connectivity index (χ0v) is 15.9. The van der Waals surface area contributed by atoms with Crippen molar-refractivity contribution in [1.29, 1.82) is 0 Å². The second kappa shape index (κ2) is 7.40. The molecule has 2 N–H and O–H groups in total. The predicted molar refractivity (Wildman–Crippen MR) is 91.4 cm³/mol. The Morgan fingerprint density at radius 2 is 1.71 bits per heavy atom. The van der Waals surface area contributed by atoms with Gasteiger partial charge < -0.3 is 20.3 Å². The van der Waals surface area contributed by atoms with Gasteiger partial charge in [0.15, 0.2) is 0 Å². The summed E-state index contributed by atoms with van der Waals surface area (Å²) in [6.07, 6.45) is 1.33. The largest absolute Gasteiger partial charge is 0.467 e. The van der Waals surface area contributed by atoms with E-state index in [2.05, 4.69) is 10.6 Å². The molecule has 0 unspecified atom stereocenters. The first-order valence-electron chi connectivity index (χ1n) is 8.34. The smallest absolute Gasteiger partial charge is 0.328 e. The number of methoxy groups -OCH3 is 1. The van der Waals surface area contributed by atoms with Crippen LogP contribution in [0.4, 0.5) is 4.79 Å². The van der Waals surface area contributed by atoms with Crippen molar-refractivity contribution in [2.45, 2.75) is 72.0 Å². The fraction of sp³-hybridized carbons (Fsp3) is 0.824. The highest BCUT2D eigenvalue weighted by Gasteiger charge is 2.42. The van der Waals surface area contributed by atoms with Gasteiger partial charge in [0.05, 0.1) is 7.11 Å². The molecular formula is C17H31N3O4. The van der Waals surface area contributed by atoms with Gasteiger partial charge in [-0.3, -0.25) is 4.79 Å². The molecule has 0 aromatic heterocycles.